The normalized spacial score (nSPS) is 15.8. The number of hydrogen-bond donors (Lipinski definition) is 0. The van der Waals surface area contributed by atoms with Crippen LogP contribution in [0.5, 0.6) is 0 Å². The van der Waals surface area contributed by atoms with Gasteiger partial charge in [0.1, 0.15) is 0 Å². The Morgan fingerprint density at radius 2 is 1.85 bits per heavy atom. The first kappa shape index (κ1) is 16.2. The number of methoxy groups -OCH3 is 1. The predicted octanol–water partition coefficient (Wildman–Crippen LogP) is 3.18. The zero-order valence-corrected chi connectivity index (χ0v) is 14.3. The molecule has 0 fully saturated rings. The first-order valence-electron chi connectivity index (χ1n) is 8.27. The lowest BCUT2D eigenvalue weighted by atomic mass is 10.1. The first-order chi connectivity index (χ1) is 12.7. The minimum Gasteiger partial charge on any atom is -0.380 e. The highest BCUT2D eigenvalue weighted by Crippen LogP contribution is 2.28. The Balaban J connectivity index is 1.74. The zero-order chi connectivity index (χ0) is 17.9. The molecule has 2 heterocycles. The molecule has 0 bridgehead atoms. The van der Waals surface area contributed by atoms with Gasteiger partial charge >= 0.3 is 6.03 Å². The van der Waals surface area contributed by atoms with Crippen LogP contribution in [-0.4, -0.2) is 29.7 Å². The van der Waals surface area contributed by atoms with Crippen molar-refractivity contribution in [2.75, 3.05) is 7.11 Å². The van der Waals surface area contributed by atoms with Crippen molar-refractivity contribution in [1.29, 1.82) is 0 Å². The maximum atomic E-state index is 11.7. The molecule has 26 heavy (non-hydrogen) atoms. The number of amidine groups is 2. The SMILES string of the molecule is COCc1cccc(C2=CN=C3[N]C(=O)N=C3N2Cc2ccccc2)c1. The third-order valence-corrected chi connectivity index (χ3v) is 4.18. The minimum atomic E-state index is -0.514. The van der Waals surface area contributed by atoms with Gasteiger partial charge in [0.05, 0.1) is 18.5 Å². The fraction of sp³-hybridized carbons (Fsp3) is 0.150. The van der Waals surface area contributed by atoms with E-state index in [0.717, 1.165) is 22.4 Å². The van der Waals surface area contributed by atoms with Gasteiger partial charge in [0.15, 0.2) is 5.84 Å². The lowest BCUT2D eigenvalue weighted by molar-refractivity contribution is 0.185. The van der Waals surface area contributed by atoms with Crippen LogP contribution >= 0.6 is 0 Å². The zero-order valence-electron chi connectivity index (χ0n) is 14.3. The number of carbonyl (C=O) groups excluding carboxylic acids is 1. The molecule has 6 heteroatoms. The largest absolute Gasteiger partial charge is 0.380 e. The van der Waals surface area contributed by atoms with Crippen molar-refractivity contribution >= 4 is 23.4 Å². The van der Waals surface area contributed by atoms with E-state index >= 15 is 0 Å². The van der Waals surface area contributed by atoms with Crippen LogP contribution < -0.4 is 5.32 Å². The summed E-state index contributed by atoms with van der Waals surface area (Å²) in [6.07, 6.45) is 1.74. The second kappa shape index (κ2) is 6.93. The summed E-state index contributed by atoms with van der Waals surface area (Å²) in [5.74, 6) is 0.858. The van der Waals surface area contributed by atoms with Crippen molar-refractivity contribution in [1.82, 2.24) is 10.2 Å². The van der Waals surface area contributed by atoms with Crippen molar-refractivity contribution in [3.63, 3.8) is 0 Å². The molecule has 2 aliphatic rings. The smallest absolute Gasteiger partial charge is 0.371 e. The lowest BCUT2D eigenvalue weighted by Crippen LogP contribution is -2.37. The minimum absolute atomic E-state index is 0.364. The van der Waals surface area contributed by atoms with Crippen molar-refractivity contribution in [3.8, 4) is 0 Å². The van der Waals surface area contributed by atoms with E-state index < -0.39 is 6.03 Å². The first-order valence-corrected chi connectivity index (χ1v) is 8.27. The van der Waals surface area contributed by atoms with E-state index in [4.69, 9.17) is 4.74 Å². The molecular weight excluding hydrogens is 328 g/mol. The number of amides is 2. The Morgan fingerprint density at radius 1 is 1.04 bits per heavy atom. The van der Waals surface area contributed by atoms with Gasteiger partial charge < -0.3 is 9.64 Å². The molecule has 0 aliphatic carbocycles. The topological polar surface area (TPSA) is 68.4 Å². The number of carbonyl (C=O) groups is 1. The molecule has 2 aromatic rings. The van der Waals surface area contributed by atoms with Gasteiger partial charge in [-0.15, -0.1) is 0 Å². The monoisotopic (exact) mass is 345 g/mol. The molecule has 0 saturated heterocycles. The van der Waals surface area contributed by atoms with Crippen molar-refractivity contribution in [2.24, 2.45) is 9.98 Å². The van der Waals surface area contributed by atoms with Crippen LogP contribution in [0.15, 0.2) is 70.8 Å². The number of urea groups is 1. The molecule has 2 aromatic carbocycles. The van der Waals surface area contributed by atoms with E-state index in [0.29, 0.717) is 24.8 Å². The summed E-state index contributed by atoms with van der Waals surface area (Å²) in [4.78, 5) is 22.1. The van der Waals surface area contributed by atoms with E-state index in [9.17, 15) is 4.79 Å². The summed E-state index contributed by atoms with van der Waals surface area (Å²) < 4.78 is 5.23. The number of benzene rings is 2. The molecule has 4 rings (SSSR count). The number of aliphatic imine (C=N–C) groups is 2. The standard InChI is InChI=1S/C20H17N4O2/c1-26-13-15-8-5-9-16(10-15)17-11-21-18-19(23-20(25)22-18)24(17)12-14-6-3-2-4-7-14/h2-11H,12-13H2,1H3. The molecule has 0 saturated carbocycles. The Hall–Kier alpha value is -3.25. The van der Waals surface area contributed by atoms with Gasteiger partial charge in [-0.1, -0.05) is 48.5 Å². The second-order valence-electron chi connectivity index (χ2n) is 6.00. The molecule has 0 spiro atoms. The number of nitrogens with zero attached hydrogens (tertiary/aromatic N) is 4. The highest BCUT2D eigenvalue weighted by molar-refractivity contribution is 6.49. The van der Waals surface area contributed by atoms with Crippen LogP contribution in [0.2, 0.25) is 0 Å². The Labute approximate surface area is 151 Å². The molecule has 1 radical (unpaired) electrons. The van der Waals surface area contributed by atoms with Gasteiger partial charge in [-0.05, 0) is 17.2 Å². The van der Waals surface area contributed by atoms with E-state index in [2.05, 4.69) is 21.4 Å². The summed E-state index contributed by atoms with van der Waals surface area (Å²) >= 11 is 0. The van der Waals surface area contributed by atoms with Gasteiger partial charge in [0.2, 0.25) is 5.84 Å². The van der Waals surface area contributed by atoms with Gasteiger partial charge in [-0.2, -0.15) is 10.3 Å². The molecule has 0 N–H and O–H groups in total. The molecule has 0 unspecified atom stereocenters. The van der Waals surface area contributed by atoms with Crippen molar-refractivity contribution < 1.29 is 9.53 Å². The van der Waals surface area contributed by atoms with Gasteiger partial charge in [-0.3, -0.25) is 0 Å². The molecule has 0 atom stereocenters. The van der Waals surface area contributed by atoms with Crippen LogP contribution in [-0.2, 0) is 17.9 Å². The average Bonchev–Trinajstić information content (AvgIpc) is 3.04. The van der Waals surface area contributed by atoms with Crippen molar-refractivity contribution in [2.45, 2.75) is 13.2 Å². The molecular formula is C20H17N4O2. The summed E-state index contributed by atoms with van der Waals surface area (Å²) in [5.41, 5.74) is 4.03. The second-order valence-corrected chi connectivity index (χ2v) is 6.00. The molecule has 129 valence electrons. The highest BCUT2D eigenvalue weighted by Gasteiger charge is 2.33. The number of fused-ring (bicyclic) bond motifs is 1. The Morgan fingerprint density at radius 3 is 2.65 bits per heavy atom. The van der Waals surface area contributed by atoms with Gasteiger partial charge in [0.25, 0.3) is 0 Å². The fourth-order valence-electron chi connectivity index (χ4n) is 3.02. The maximum absolute atomic E-state index is 11.7. The molecule has 2 amide bonds. The Kier molecular flexibility index (Phi) is 4.33. The average molecular weight is 345 g/mol. The van der Waals surface area contributed by atoms with Gasteiger partial charge in [0, 0.05) is 19.2 Å². The van der Waals surface area contributed by atoms with Crippen LogP contribution in [0.4, 0.5) is 4.79 Å². The van der Waals surface area contributed by atoms with Crippen LogP contribution in [0.3, 0.4) is 0 Å². The predicted molar refractivity (Wildman–Crippen MR) is 99.5 cm³/mol. The quantitative estimate of drug-likeness (QED) is 0.836. The van der Waals surface area contributed by atoms with Crippen molar-refractivity contribution in [3.05, 3.63) is 77.5 Å². The van der Waals surface area contributed by atoms with Crippen LogP contribution in [0, 0.1) is 0 Å². The molecule has 6 nitrogen and oxygen atoms in total. The summed E-state index contributed by atoms with van der Waals surface area (Å²) in [6.45, 7) is 1.10. The summed E-state index contributed by atoms with van der Waals surface area (Å²) in [7, 11) is 1.67. The molecule has 2 aliphatic heterocycles. The van der Waals surface area contributed by atoms with Crippen LogP contribution in [0.1, 0.15) is 16.7 Å². The maximum Gasteiger partial charge on any atom is 0.371 e. The van der Waals surface area contributed by atoms with Gasteiger partial charge in [-0.25, -0.2) is 9.79 Å². The van der Waals surface area contributed by atoms with Crippen LogP contribution in [0.25, 0.3) is 5.70 Å². The van der Waals surface area contributed by atoms with E-state index in [1.807, 2.05) is 53.4 Å². The van der Waals surface area contributed by atoms with E-state index in [1.165, 1.54) is 0 Å². The third-order valence-electron chi connectivity index (χ3n) is 4.18. The summed E-state index contributed by atoms with van der Waals surface area (Å²) in [6, 6.07) is 17.6. The lowest BCUT2D eigenvalue weighted by Gasteiger charge is -2.29. The van der Waals surface area contributed by atoms with E-state index in [-0.39, 0.29) is 0 Å². The molecule has 0 aromatic heterocycles. The van der Waals surface area contributed by atoms with E-state index in [1.54, 1.807) is 13.3 Å². The third kappa shape index (κ3) is 3.14. The Bertz CT molecular complexity index is 932. The fourth-order valence-corrected chi connectivity index (χ4v) is 3.02. The number of rotatable bonds is 5. The number of ether oxygens (including phenoxy) is 1. The number of hydrogen-bond acceptors (Lipinski definition) is 4. The summed E-state index contributed by atoms with van der Waals surface area (Å²) in [5, 5.41) is 3.88. The highest BCUT2D eigenvalue weighted by atomic mass is 16.5.